The van der Waals surface area contributed by atoms with E-state index in [-0.39, 0.29) is 11.3 Å². The smallest absolute Gasteiger partial charge is 0.300 e. The van der Waals surface area contributed by atoms with Crippen LogP contribution in [0.2, 0.25) is 0 Å². The number of methoxy groups -OCH3 is 1. The zero-order chi connectivity index (χ0) is 26.6. The van der Waals surface area contributed by atoms with Gasteiger partial charge in [0.05, 0.1) is 24.3 Å². The Labute approximate surface area is 216 Å². The normalized spacial score (nSPS) is 17.1. The Bertz CT molecular complexity index is 1610. The lowest BCUT2D eigenvalue weighted by molar-refractivity contribution is -0.132. The Balaban J connectivity index is 1.87. The fourth-order valence-electron chi connectivity index (χ4n) is 5.66. The van der Waals surface area contributed by atoms with Crippen molar-refractivity contribution >= 4 is 34.0 Å². The molecule has 37 heavy (non-hydrogen) atoms. The molecule has 0 aliphatic carbocycles. The molecule has 1 aliphatic rings. The molecule has 3 aromatic carbocycles. The van der Waals surface area contributed by atoms with Crippen molar-refractivity contribution < 1.29 is 19.4 Å². The fourth-order valence-corrected chi connectivity index (χ4v) is 5.66. The molecule has 0 saturated carbocycles. The summed E-state index contributed by atoms with van der Waals surface area (Å²) in [5.41, 5.74) is 7.21. The molecule has 1 saturated heterocycles. The molecule has 2 N–H and O–H groups in total. The number of Topliss-reactive ketones (excluding diaryl/α,β-unsaturated/α-hetero) is 1. The van der Waals surface area contributed by atoms with Gasteiger partial charge in [-0.05, 0) is 81.1 Å². The lowest BCUT2D eigenvalue weighted by Gasteiger charge is -2.26. The van der Waals surface area contributed by atoms with Gasteiger partial charge in [0.15, 0.2) is 0 Å². The quantitative estimate of drug-likeness (QED) is 0.197. The average molecular weight is 495 g/mol. The summed E-state index contributed by atoms with van der Waals surface area (Å²) < 4.78 is 5.63. The maximum absolute atomic E-state index is 13.7. The first-order valence-corrected chi connectivity index (χ1v) is 12.2. The molecule has 0 bridgehead atoms. The number of nitrogens with zero attached hydrogens (tertiary/aromatic N) is 1. The Morgan fingerprint density at radius 2 is 1.57 bits per heavy atom. The maximum atomic E-state index is 13.7. The van der Waals surface area contributed by atoms with Crippen LogP contribution in [0.5, 0.6) is 5.75 Å². The highest BCUT2D eigenvalue weighted by Gasteiger charge is 2.48. The first kappa shape index (κ1) is 24.4. The van der Waals surface area contributed by atoms with Crippen molar-refractivity contribution in [2.45, 2.75) is 40.7 Å². The molecule has 0 spiro atoms. The molecule has 1 aromatic heterocycles. The predicted molar refractivity (Wildman–Crippen MR) is 146 cm³/mol. The molecular formula is C31H30N2O4. The second-order valence-electron chi connectivity index (χ2n) is 9.89. The van der Waals surface area contributed by atoms with E-state index in [1.54, 1.807) is 6.07 Å². The summed E-state index contributed by atoms with van der Waals surface area (Å²) in [6, 6.07) is 16.5. The number of rotatable bonds is 4. The van der Waals surface area contributed by atoms with Crippen LogP contribution in [0.3, 0.4) is 0 Å². The van der Waals surface area contributed by atoms with Crippen LogP contribution >= 0.6 is 0 Å². The van der Waals surface area contributed by atoms with E-state index in [1.807, 2.05) is 83.1 Å². The number of anilines is 1. The Hall–Kier alpha value is -4.32. The van der Waals surface area contributed by atoms with E-state index in [4.69, 9.17) is 4.74 Å². The third kappa shape index (κ3) is 3.89. The number of nitrogens with one attached hydrogen (secondary N) is 1. The molecule has 1 fully saturated rings. The summed E-state index contributed by atoms with van der Waals surface area (Å²) in [7, 11) is 1.53. The van der Waals surface area contributed by atoms with Gasteiger partial charge in [-0.25, -0.2) is 0 Å². The number of aliphatic hydroxyl groups is 1. The number of amides is 1. The number of carbonyl (C=O) groups excluding carboxylic acids is 2. The molecule has 5 rings (SSSR count). The van der Waals surface area contributed by atoms with Crippen LogP contribution in [-0.2, 0) is 9.59 Å². The summed E-state index contributed by atoms with van der Waals surface area (Å²) in [4.78, 5) is 32.4. The molecule has 1 aliphatic heterocycles. The van der Waals surface area contributed by atoms with E-state index in [9.17, 15) is 14.7 Å². The Kier molecular flexibility index (Phi) is 5.91. The van der Waals surface area contributed by atoms with Gasteiger partial charge in [0.25, 0.3) is 11.7 Å². The van der Waals surface area contributed by atoms with Gasteiger partial charge in [-0.2, -0.15) is 0 Å². The van der Waals surface area contributed by atoms with Crippen LogP contribution < -0.4 is 9.64 Å². The van der Waals surface area contributed by atoms with Gasteiger partial charge in [0, 0.05) is 27.8 Å². The van der Waals surface area contributed by atoms with Crippen molar-refractivity contribution in [3.05, 3.63) is 99.2 Å². The number of H-pyrrole nitrogens is 1. The number of aliphatic hydroxyl groups excluding tert-OH is 1. The maximum Gasteiger partial charge on any atom is 0.300 e. The lowest BCUT2D eigenvalue weighted by Crippen LogP contribution is -2.29. The van der Waals surface area contributed by atoms with Gasteiger partial charge < -0.3 is 14.8 Å². The number of ether oxygens (including phenoxy) is 1. The molecule has 1 amide bonds. The van der Waals surface area contributed by atoms with E-state index >= 15 is 0 Å². The number of aromatic nitrogens is 1. The van der Waals surface area contributed by atoms with E-state index in [2.05, 4.69) is 4.98 Å². The van der Waals surface area contributed by atoms with Crippen molar-refractivity contribution in [1.82, 2.24) is 4.98 Å². The molecule has 4 aromatic rings. The summed E-state index contributed by atoms with van der Waals surface area (Å²) in [5, 5.41) is 12.7. The summed E-state index contributed by atoms with van der Waals surface area (Å²) >= 11 is 0. The molecular weight excluding hydrogens is 464 g/mol. The Morgan fingerprint density at radius 3 is 2.24 bits per heavy atom. The molecule has 188 valence electrons. The molecule has 6 nitrogen and oxygen atoms in total. The SMILES string of the molecule is COc1c(C)cc(C)cc1/C(O)=C1\C(=O)C(=O)N(c2cc(C)cc(C)c2)C1c1c(C)[nH]c2ccccc12. The highest BCUT2D eigenvalue weighted by Crippen LogP contribution is 2.46. The van der Waals surface area contributed by atoms with Gasteiger partial charge >= 0.3 is 0 Å². The van der Waals surface area contributed by atoms with Crippen LogP contribution in [0.25, 0.3) is 16.7 Å². The first-order chi connectivity index (χ1) is 17.6. The molecule has 1 unspecified atom stereocenters. The molecule has 2 heterocycles. The van der Waals surface area contributed by atoms with Gasteiger partial charge in [-0.1, -0.05) is 30.3 Å². The van der Waals surface area contributed by atoms with Crippen LogP contribution in [0.1, 0.15) is 45.1 Å². The monoisotopic (exact) mass is 494 g/mol. The minimum Gasteiger partial charge on any atom is -0.507 e. The van der Waals surface area contributed by atoms with Crippen molar-refractivity contribution in [1.29, 1.82) is 0 Å². The van der Waals surface area contributed by atoms with E-state index in [0.29, 0.717) is 17.0 Å². The lowest BCUT2D eigenvalue weighted by atomic mass is 9.92. The summed E-state index contributed by atoms with van der Waals surface area (Å²) in [5.74, 6) is -1.18. The van der Waals surface area contributed by atoms with Gasteiger partial charge in [-0.3, -0.25) is 14.5 Å². The van der Waals surface area contributed by atoms with Crippen molar-refractivity contribution in [2.24, 2.45) is 0 Å². The number of fused-ring (bicyclic) bond motifs is 1. The second-order valence-corrected chi connectivity index (χ2v) is 9.89. The number of benzene rings is 3. The van der Waals surface area contributed by atoms with E-state index < -0.39 is 17.7 Å². The fraction of sp³-hybridized carbons (Fsp3) is 0.226. The number of aryl methyl sites for hydroxylation is 5. The number of para-hydroxylation sites is 1. The van der Waals surface area contributed by atoms with E-state index in [1.165, 1.54) is 12.0 Å². The minimum atomic E-state index is -0.831. The van der Waals surface area contributed by atoms with Crippen molar-refractivity contribution in [3.63, 3.8) is 0 Å². The first-order valence-electron chi connectivity index (χ1n) is 12.2. The zero-order valence-corrected chi connectivity index (χ0v) is 21.9. The number of carbonyl (C=O) groups is 2. The highest BCUT2D eigenvalue weighted by molar-refractivity contribution is 6.52. The number of hydrogen-bond acceptors (Lipinski definition) is 4. The molecule has 1 atom stereocenters. The predicted octanol–water partition coefficient (Wildman–Crippen LogP) is 6.34. The highest BCUT2D eigenvalue weighted by atomic mass is 16.5. The van der Waals surface area contributed by atoms with Crippen LogP contribution in [0, 0.1) is 34.6 Å². The average Bonchev–Trinajstić information content (AvgIpc) is 3.29. The van der Waals surface area contributed by atoms with Gasteiger partial charge in [0.2, 0.25) is 0 Å². The number of hydrogen-bond donors (Lipinski definition) is 2. The van der Waals surface area contributed by atoms with Gasteiger partial charge in [0.1, 0.15) is 11.5 Å². The van der Waals surface area contributed by atoms with Crippen molar-refractivity contribution in [3.8, 4) is 5.75 Å². The third-order valence-corrected chi connectivity index (χ3v) is 7.02. The third-order valence-electron chi connectivity index (χ3n) is 7.02. The van der Waals surface area contributed by atoms with Crippen LogP contribution in [0.15, 0.2) is 60.2 Å². The van der Waals surface area contributed by atoms with Crippen LogP contribution in [-0.4, -0.2) is 28.9 Å². The summed E-state index contributed by atoms with van der Waals surface area (Å²) in [6.07, 6.45) is 0. The van der Waals surface area contributed by atoms with Crippen molar-refractivity contribution in [2.75, 3.05) is 12.0 Å². The van der Waals surface area contributed by atoms with Gasteiger partial charge in [-0.15, -0.1) is 0 Å². The second kappa shape index (κ2) is 8.96. The number of ketones is 1. The molecule has 6 heteroatoms. The minimum absolute atomic E-state index is 0.0420. The Morgan fingerprint density at radius 1 is 0.919 bits per heavy atom. The largest absolute Gasteiger partial charge is 0.507 e. The molecule has 0 radical (unpaired) electrons. The van der Waals surface area contributed by atoms with E-state index in [0.717, 1.165) is 44.4 Å². The van der Waals surface area contributed by atoms with Crippen LogP contribution in [0.4, 0.5) is 5.69 Å². The topological polar surface area (TPSA) is 82.6 Å². The summed E-state index contributed by atoms with van der Waals surface area (Å²) in [6.45, 7) is 9.64. The standard InChI is InChI=1S/C31H30N2O4/c1-16-11-17(2)14-21(13-16)33-27(25-20(5)32-24-10-8-7-9-22(24)25)26(29(35)31(33)36)28(34)23-15-18(3)12-19(4)30(23)37-6/h7-15,27,32,34H,1-6H3/b28-26+. The zero-order valence-electron chi connectivity index (χ0n) is 21.9. The number of aromatic amines is 1.